The molecule has 15 aromatic rings. The third-order valence-corrected chi connectivity index (χ3v) is 15.7. The zero-order valence-corrected chi connectivity index (χ0v) is 43.3. The number of fused-ring (bicyclic) bond motifs is 9. The second-order valence-electron chi connectivity index (χ2n) is 20.4. The van der Waals surface area contributed by atoms with Crippen LogP contribution in [-0.2, 0) is 0 Å². The van der Waals surface area contributed by atoms with Gasteiger partial charge in [0.2, 0.25) is 0 Å². The summed E-state index contributed by atoms with van der Waals surface area (Å²) in [6, 6.07) is 102. The van der Waals surface area contributed by atoms with Crippen molar-refractivity contribution in [3.05, 3.63) is 291 Å². The minimum Gasteiger partial charge on any atom is -0.452 e. The standard InChI is InChI=1S/C75H50N2O2/c1-49-42-65-64-45-54-38-40-58(76(67-34-18-14-30-60(67)50-22-6-2-7-23-50)68-35-19-15-31-61(68)51-24-8-3-9-25-51)43-56(54)47-71(64)78-74(65)75-73(49)66-46-55-39-41-59(44-57(55)48-72(66)79-75)77(69-36-20-16-32-62(69)52-26-10-4-11-27-52)70-37-21-17-33-63(70)53-28-12-5-13-29-53/h2-48H,1H3. The van der Waals surface area contributed by atoms with E-state index in [1.807, 2.05) is 0 Å². The molecule has 2 aromatic heterocycles. The van der Waals surface area contributed by atoms with E-state index >= 15 is 0 Å². The molecule has 0 fully saturated rings. The van der Waals surface area contributed by atoms with Crippen LogP contribution in [0.25, 0.3) is 110 Å². The number of anilines is 6. The quantitative estimate of drug-likeness (QED) is 0.137. The minimum atomic E-state index is 0.753. The number of furan rings is 2. The second kappa shape index (κ2) is 19.0. The SMILES string of the molecule is Cc1cc2c3cc4ccc(N(c5ccccc5-c5ccccc5)c5ccccc5-c5ccccc5)cc4cc3oc2c2oc3cc4cc(N(c5ccccc5-c5ccccc5)c5ccccc5-c5ccccc5)ccc4cc3c12. The van der Waals surface area contributed by atoms with E-state index in [0.29, 0.717) is 0 Å². The Bertz CT molecular complexity index is 4630. The van der Waals surface area contributed by atoms with E-state index in [9.17, 15) is 0 Å². The van der Waals surface area contributed by atoms with Crippen molar-refractivity contribution in [1.82, 2.24) is 0 Å². The summed E-state index contributed by atoms with van der Waals surface area (Å²) in [5.41, 5.74) is 19.9. The first-order chi connectivity index (χ1) is 39.1. The second-order valence-corrected chi connectivity index (χ2v) is 20.4. The fraction of sp³-hybridized carbons (Fsp3) is 0.0133. The highest BCUT2D eigenvalue weighted by Crippen LogP contribution is 2.49. The first kappa shape index (κ1) is 45.9. The molecule has 0 bridgehead atoms. The zero-order valence-electron chi connectivity index (χ0n) is 43.3. The number of aryl methyl sites for hydroxylation is 1. The number of nitrogens with zero attached hydrogens (tertiary/aromatic N) is 2. The Balaban J connectivity index is 0.874. The maximum atomic E-state index is 7.04. The molecule has 2 heterocycles. The molecule has 0 aliphatic rings. The molecule has 4 nitrogen and oxygen atoms in total. The topological polar surface area (TPSA) is 32.8 Å². The molecule has 79 heavy (non-hydrogen) atoms. The lowest BCUT2D eigenvalue weighted by molar-refractivity contribution is 0.633. The minimum absolute atomic E-state index is 0.753. The summed E-state index contributed by atoms with van der Waals surface area (Å²) in [5, 5.41) is 8.65. The highest BCUT2D eigenvalue weighted by Gasteiger charge is 2.25. The first-order valence-corrected chi connectivity index (χ1v) is 27.0. The molecule has 0 radical (unpaired) electrons. The van der Waals surface area contributed by atoms with Gasteiger partial charge in [0.05, 0.1) is 22.7 Å². The molecule has 13 aromatic carbocycles. The molecular weight excluding hydrogens is 961 g/mol. The maximum Gasteiger partial charge on any atom is 0.178 e. The van der Waals surface area contributed by atoms with Crippen molar-refractivity contribution < 1.29 is 8.83 Å². The average molecular weight is 1010 g/mol. The van der Waals surface area contributed by atoms with Crippen LogP contribution < -0.4 is 9.80 Å². The molecule has 0 atom stereocenters. The van der Waals surface area contributed by atoms with Gasteiger partial charge in [0, 0.05) is 55.2 Å². The van der Waals surface area contributed by atoms with Gasteiger partial charge in [-0.15, -0.1) is 0 Å². The molecule has 0 saturated heterocycles. The Hall–Kier alpha value is -10.4. The lowest BCUT2D eigenvalue weighted by Crippen LogP contribution is -2.12. The number of benzene rings is 13. The smallest absolute Gasteiger partial charge is 0.178 e. The van der Waals surface area contributed by atoms with E-state index < -0.39 is 0 Å². The number of hydrogen-bond donors (Lipinski definition) is 0. The molecular formula is C75H50N2O2. The van der Waals surface area contributed by atoms with Gasteiger partial charge in [0.25, 0.3) is 0 Å². The van der Waals surface area contributed by atoms with Crippen molar-refractivity contribution in [3.63, 3.8) is 0 Å². The summed E-state index contributed by atoms with van der Waals surface area (Å²) in [5.74, 6) is 0. The largest absolute Gasteiger partial charge is 0.452 e. The van der Waals surface area contributed by atoms with E-state index in [-0.39, 0.29) is 0 Å². The normalized spacial score (nSPS) is 11.6. The predicted molar refractivity (Wildman–Crippen MR) is 332 cm³/mol. The van der Waals surface area contributed by atoms with Gasteiger partial charge in [-0.1, -0.05) is 206 Å². The summed E-state index contributed by atoms with van der Waals surface area (Å²) < 4.78 is 14.0. The van der Waals surface area contributed by atoms with Gasteiger partial charge >= 0.3 is 0 Å². The highest BCUT2D eigenvalue weighted by atomic mass is 16.4. The van der Waals surface area contributed by atoms with Gasteiger partial charge in [0.15, 0.2) is 11.2 Å². The van der Waals surface area contributed by atoms with Crippen LogP contribution in [0, 0.1) is 6.92 Å². The van der Waals surface area contributed by atoms with Crippen LogP contribution in [0.3, 0.4) is 0 Å². The van der Waals surface area contributed by atoms with Crippen LogP contribution in [0.2, 0.25) is 0 Å². The first-order valence-electron chi connectivity index (χ1n) is 27.0. The zero-order chi connectivity index (χ0) is 52.4. The number of rotatable bonds is 10. The summed E-state index contributed by atoms with van der Waals surface area (Å²) in [6.07, 6.45) is 0. The van der Waals surface area contributed by atoms with Gasteiger partial charge in [-0.25, -0.2) is 0 Å². The van der Waals surface area contributed by atoms with Crippen molar-refractivity contribution >= 4 is 99.5 Å². The Morgan fingerprint density at radius 1 is 0.266 bits per heavy atom. The Kier molecular flexibility index (Phi) is 11.0. The molecule has 0 aliphatic carbocycles. The van der Waals surface area contributed by atoms with Gasteiger partial charge in [-0.05, 0) is 135 Å². The van der Waals surface area contributed by atoms with Gasteiger partial charge in [-0.3, -0.25) is 0 Å². The molecule has 4 heteroatoms. The highest BCUT2D eigenvalue weighted by molar-refractivity contribution is 6.22. The van der Waals surface area contributed by atoms with Crippen molar-refractivity contribution in [2.24, 2.45) is 0 Å². The van der Waals surface area contributed by atoms with Crippen LogP contribution in [0.1, 0.15) is 5.56 Å². The molecule has 0 spiro atoms. The summed E-state index contributed by atoms with van der Waals surface area (Å²) in [6.45, 7) is 2.19. The predicted octanol–water partition coefficient (Wildman–Crippen LogP) is 21.7. The van der Waals surface area contributed by atoms with E-state index in [4.69, 9.17) is 8.83 Å². The Morgan fingerprint density at radius 3 is 1.01 bits per heavy atom. The lowest BCUT2D eigenvalue weighted by Gasteiger charge is -2.30. The van der Waals surface area contributed by atoms with Crippen molar-refractivity contribution in [2.75, 3.05) is 9.80 Å². The van der Waals surface area contributed by atoms with Crippen molar-refractivity contribution in [2.45, 2.75) is 6.92 Å². The third kappa shape index (κ3) is 7.92. The third-order valence-electron chi connectivity index (χ3n) is 15.7. The van der Waals surface area contributed by atoms with Crippen LogP contribution in [-0.4, -0.2) is 0 Å². The van der Waals surface area contributed by atoms with E-state index in [1.54, 1.807) is 0 Å². The molecule has 0 saturated carbocycles. The van der Waals surface area contributed by atoms with Gasteiger partial charge in [-0.2, -0.15) is 0 Å². The molecule has 0 unspecified atom stereocenters. The molecule has 15 rings (SSSR count). The average Bonchev–Trinajstić information content (AvgIpc) is 4.31. The summed E-state index contributed by atoms with van der Waals surface area (Å²) in [7, 11) is 0. The Labute approximate surface area is 457 Å². The van der Waals surface area contributed by atoms with Crippen LogP contribution in [0.15, 0.2) is 294 Å². The molecule has 0 aliphatic heterocycles. The lowest BCUT2D eigenvalue weighted by atomic mass is 9.97. The van der Waals surface area contributed by atoms with E-state index in [2.05, 4.69) is 302 Å². The maximum absolute atomic E-state index is 7.04. The van der Waals surface area contributed by atoms with Crippen molar-refractivity contribution in [3.8, 4) is 44.5 Å². The Morgan fingerprint density at radius 2 is 0.608 bits per heavy atom. The molecule has 0 N–H and O–H groups in total. The van der Waals surface area contributed by atoms with Crippen LogP contribution in [0.4, 0.5) is 34.1 Å². The monoisotopic (exact) mass is 1010 g/mol. The van der Waals surface area contributed by atoms with Crippen molar-refractivity contribution in [1.29, 1.82) is 0 Å². The van der Waals surface area contributed by atoms with Gasteiger partial charge in [0.1, 0.15) is 11.2 Å². The fourth-order valence-corrected chi connectivity index (χ4v) is 12.0. The number of para-hydroxylation sites is 4. The fourth-order valence-electron chi connectivity index (χ4n) is 12.0. The summed E-state index contributed by atoms with van der Waals surface area (Å²) in [4.78, 5) is 4.82. The molecule has 0 amide bonds. The van der Waals surface area contributed by atoms with Gasteiger partial charge < -0.3 is 18.6 Å². The summed E-state index contributed by atoms with van der Waals surface area (Å²) >= 11 is 0. The van der Waals surface area contributed by atoms with Crippen LogP contribution in [0.5, 0.6) is 0 Å². The van der Waals surface area contributed by atoms with Crippen LogP contribution >= 0.6 is 0 Å². The number of hydrogen-bond acceptors (Lipinski definition) is 4. The molecule has 372 valence electrons. The van der Waals surface area contributed by atoms with E-state index in [1.165, 1.54) is 0 Å². The van der Waals surface area contributed by atoms with E-state index in [0.717, 1.165) is 150 Å².